The van der Waals surface area contributed by atoms with Crippen LogP contribution in [-0.4, -0.2) is 54.7 Å². The molecule has 0 aliphatic carbocycles. The van der Waals surface area contributed by atoms with Crippen molar-refractivity contribution >= 4 is 11.9 Å². The van der Waals surface area contributed by atoms with Crippen LogP contribution in [0.4, 0.5) is 4.79 Å². The van der Waals surface area contributed by atoms with Crippen LogP contribution in [0, 0.1) is 12.8 Å². The first-order valence-corrected chi connectivity index (χ1v) is 9.24. The molecule has 0 bridgehead atoms. The van der Waals surface area contributed by atoms with Crippen LogP contribution in [0.15, 0.2) is 24.3 Å². The summed E-state index contributed by atoms with van der Waals surface area (Å²) in [4.78, 5) is 25.3. The molecule has 0 spiro atoms. The number of benzene rings is 1. The summed E-state index contributed by atoms with van der Waals surface area (Å²) in [5.41, 5.74) is 7.16. The number of nitrogens with two attached hydrogens (primary N) is 1. The Morgan fingerprint density at radius 2 is 1.96 bits per heavy atom. The number of nitrogens with one attached hydrogen (secondary N) is 2. The molecule has 1 aliphatic rings. The van der Waals surface area contributed by atoms with Gasteiger partial charge in [0.25, 0.3) is 0 Å². The summed E-state index contributed by atoms with van der Waals surface area (Å²) < 4.78 is 0. The highest BCUT2D eigenvalue weighted by Gasteiger charge is 2.22. The minimum Gasteiger partial charge on any atom is -0.387 e. The summed E-state index contributed by atoms with van der Waals surface area (Å²) in [5.74, 6) is -0.189. The van der Waals surface area contributed by atoms with Gasteiger partial charge in [-0.3, -0.25) is 4.79 Å². The maximum atomic E-state index is 11.8. The number of aryl methyl sites for hydroxylation is 1. The third kappa shape index (κ3) is 6.31. The van der Waals surface area contributed by atoms with Crippen molar-refractivity contribution in [1.82, 2.24) is 15.5 Å². The van der Waals surface area contributed by atoms with Gasteiger partial charge in [-0.15, -0.1) is 0 Å². The number of likely N-dealkylation sites (tertiary alicyclic amines) is 1. The van der Waals surface area contributed by atoms with Gasteiger partial charge < -0.3 is 26.4 Å². The van der Waals surface area contributed by atoms with Gasteiger partial charge in [-0.25, -0.2) is 4.79 Å². The van der Waals surface area contributed by atoms with Crippen molar-refractivity contribution in [2.45, 2.75) is 32.3 Å². The number of urea groups is 1. The van der Waals surface area contributed by atoms with Gasteiger partial charge in [0, 0.05) is 19.0 Å². The Bertz CT molecular complexity index is 600. The van der Waals surface area contributed by atoms with Crippen molar-refractivity contribution in [3.8, 4) is 0 Å². The summed E-state index contributed by atoms with van der Waals surface area (Å²) in [6.07, 6.45) is 1.77. The Morgan fingerprint density at radius 3 is 2.62 bits per heavy atom. The molecule has 1 aromatic rings. The van der Waals surface area contributed by atoms with Crippen LogP contribution in [0.3, 0.4) is 0 Å². The topological polar surface area (TPSA) is 108 Å². The van der Waals surface area contributed by atoms with Crippen molar-refractivity contribution in [3.63, 3.8) is 0 Å². The Labute approximate surface area is 154 Å². The van der Waals surface area contributed by atoms with Crippen LogP contribution in [-0.2, 0) is 4.79 Å². The monoisotopic (exact) mass is 362 g/mol. The minimum atomic E-state index is -0.714. The van der Waals surface area contributed by atoms with E-state index >= 15 is 0 Å². The number of aliphatic hydroxyl groups is 1. The van der Waals surface area contributed by atoms with Crippen LogP contribution in [0.2, 0.25) is 0 Å². The summed E-state index contributed by atoms with van der Waals surface area (Å²) in [5, 5.41) is 15.7. The van der Waals surface area contributed by atoms with E-state index in [-0.39, 0.29) is 24.4 Å². The molecule has 5 N–H and O–H groups in total. The first-order valence-electron chi connectivity index (χ1n) is 9.24. The Hall–Kier alpha value is -2.12. The first-order chi connectivity index (χ1) is 12.5. The molecule has 1 heterocycles. The highest BCUT2D eigenvalue weighted by molar-refractivity contribution is 5.76. The molecule has 7 heteroatoms. The molecule has 144 valence electrons. The smallest absolute Gasteiger partial charge is 0.314 e. The fraction of sp³-hybridized carbons (Fsp3) is 0.579. The molecule has 0 radical (unpaired) electrons. The molecule has 0 aromatic heterocycles. The average Bonchev–Trinajstić information content (AvgIpc) is 2.64. The Kier molecular flexibility index (Phi) is 7.87. The van der Waals surface area contributed by atoms with Gasteiger partial charge >= 0.3 is 6.03 Å². The third-order valence-electron chi connectivity index (χ3n) is 4.93. The molecule has 1 aliphatic heterocycles. The van der Waals surface area contributed by atoms with Crippen molar-refractivity contribution in [2.24, 2.45) is 11.7 Å². The van der Waals surface area contributed by atoms with Crippen LogP contribution in [0.1, 0.15) is 36.5 Å². The molecule has 26 heavy (non-hydrogen) atoms. The fourth-order valence-corrected chi connectivity index (χ4v) is 3.27. The number of carbonyl (C=O) groups is 2. The molecule has 0 unspecified atom stereocenters. The average molecular weight is 362 g/mol. The number of nitrogens with zero attached hydrogens (tertiary/aromatic N) is 1. The van der Waals surface area contributed by atoms with E-state index in [0.717, 1.165) is 50.0 Å². The van der Waals surface area contributed by atoms with Gasteiger partial charge in [0.15, 0.2) is 0 Å². The van der Waals surface area contributed by atoms with Gasteiger partial charge in [0.2, 0.25) is 5.91 Å². The van der Waals surface area contributed by atoms with E-state index in [4.69, 9.17) is 5.73 Å². The number of amides is 3. The number of rotatable bonds is 8. The summed E-state index contributed by atoms with van der Waals surface area (Å²) in [7, 11) is 0. The zero-order valence-corrected chi connectivity index (χ0v) is 15.4. The Morgan fingerprint density at radius 1 is 1.27 bits per heavy atom. The lowest BCUT2D eigenvalue weighted by Crippen LogP contribution is -2.41. The van der Waals surface area contributed by atoms with Crippen LogP contribution in [0.5, 0.6) is 0 Å². The lowest BCUT2D eigenvalue weighted by atomic mass is 9.96. The van der Waals surface area contributed by atoms with Gasteiger partial charge in [-0.05, 0) is 56.9 Å². The molecule has 3 amide bonds. The highest BCUT2D eigenvalue weighted by atomic mass is 16.3. The molecular formula is C19H30N4O3. The number of piperidine rings is 1. The first kappa shape index (κ1) is 20.2. The van der Waals surface area contributed by atoms with Crippen molar-refractivity contribution < 1.29 is 14.7 Å². The Balaban J connectivity index is 1.57. The van der Waals surface area contributed by atoms with Crippen LogP contribution < -0.4 is 16.4 Å². The lowest BCUT2D eigenvalue weighted by Gasteiger charge is -2.30. The standard InChI is InChI=1S/C19H30N4O3/c1-14-5-2-3-6-16(14)17(24)13-22-19(26)21-9-4-10-23-11-7-15(8-12-23)18(20)25/h2-3,5-6,15,17,24H,4,7-13H2,1H3,(H2,20,25)(H2,21,22,26)/t17-/m0/s1. The van der Waals surface area contributed by atoms with E-state index in [1.54, 1.807) is 0 Å². The van der Waals surface area contributed by atoms with Crippen LogP contribution >= 0.6 is 0 Å². The number of hydrogen-bond acceptors (Lipinski definition) is 4. The van der Waals surface area contributed by atoms with E-state index in [1.165, 1.54) is 0 Å². The van der Waals surface area contributed by atoms with Gasteiger partial charge in [0.05, 0.1) is 6.10 Å². The fourth-order valence-electron chi connectivity index (χ4n) is 3.27. The number of hydrogen-bond donors (Lipinski definition) is 4. The van der Waals surface area contributed by atoms with Gasteiger partial charge in [-0.2, -0.15) is 0 Å². The van der Waals surface area contributed by atoms with E-state index in [9.17, 15) is 14.7 Å². The molecule has 1 aromatic carbocycles. The summed E-state index contributed by atoms with van der Waals surface area (Å²) >= 11 is 0. The maximum absolute atomic E-state index is 11.8. The van der Waals surface area contributed by atoms with Crippen molar-refractivity contribution in [3.05, 3.63) is 35.4 Å². The SMILES string of the molecule is Cc1ccccc1[C@@H](O)CNC(=O)NCCCN1CCC(C(N)=O)CC1. The van der Waals surface area contributed by atoms with E-state index in [2.05, 4.69) is 15.5 Å². The van der Waals surface area contributed by atoms with Gasteiger partial charge in [-0.1, -0.05) is 24.3 Å². The van der Waals surface area contributed by atoms with E-state index in [1.807, 2.05) is 31.2 Å². The minimum absolute atomic E-state index is 0.00910. The molecular weight excluding hydrogens is 332 g/mol. The second-order valence-electron chi connectivity index (χ2n) is 6.88. The molecule has 7 nitrogen and oxygen atoms in total. The number of aliphatic hydroxyl groups excluding tert-OH is 1. The zero-order valence-electron chi connectivity index (χ0n) is 15.4. The second-order valence-corrected chi connectivity index (χ2v) is 6.88. The number of primary amides is 1. The third-order valence-corrected chi connectivity index (χ3v) is 4.93. The summed E-state index contributed by atoms with van der Waals surface area (Å²) in [6.45, 7) is 5.33. The lowest BCUT2D eigenvalue weighted by molar-refractivity contribution is -0.123. The van der Waals surface area contributed by atoms with Crippen molar-refractivity contribution in [2.75, 3.05) is 32.7 Å². The molecule has 1 atom stereocenters. The van der Waals surface area contributed by atoms with E-state index in [0.29, 0.717) is 6.54 Å². The predicted octanol–water partition coefficient (Wildman–Crippen LogP) is 0.915. The molecule has 0 saturated carbocycles. The predicted molar refractivity (Wildman–Crippen MR) is 101 cm³/mol. The van der Waals surface area contributed by atoms with Crippen LogP contribution in [0.25, 0.3) is 0 Å². The molecule has 2 rings (SSSR count). The van der Waals surface area contributed by atoms with Crippen molar-refractivity contribution in [1.29, 1.82) is 0 Å². The quantitative estimate of drug-likeness (QED) is 0.516. The maximum Gasteiger partial charge on any atom is 0.314 e. The highest BCUT2D eigenvalue weighted by Crippen LogP contribution is 2.17. The zero-order chi connectivity index (χ0) is 18.9. The molecule has 1 saturated heterocycles. The molecule has 1 fully saturated rings. The number of carbonyl (C=O) groups excluding carboxylic acids is 2. The summed E-state index contributed by atoms with van der Waals surface area (Å²) in [6, 6.07) is 7.32. The largest absolute Gasteiger partial charge is 0.387 e. The van der Waals surface area contributed by atoms with E-state index < -0.39 is 6.10 Å². The second kappa shape index (κ2) is 10.1. The normalized spacial score (nSPS) is 16.8. The van der Waals surface area contributed by atoms with Gasteiger partial charge in [0.1, 0.15) is 0 Å².